The second kappa shape index (κ2) is 4.24. The number of nitrogens with two attached hydrogens (primary N) is 1. The van der Waals surface area contributed by atoms with Gasteiger partial charge in [-0.25, -0.2) is 0 Å². The van der Waals surface area contributed by atoms with Crippen LogP contribution in [0.2, 0.25) is 4.34 Å². The molecule has 2 aromatic rings. The van der Waals surface area contributed by atoms with Gasteiger partial charge in [-0.05, 0) is 38.5 Å². The van der Waals surface area contributed by atoms with Crippen LogP contribution in [0.4, 0.5) is 0 Å². The lowest BCUT2D eigenvalue weighted by Crippen LogP contribution is -2.10. The first kappa shape index (κ1) is 11.7. The van der Waals surface area contributed by atoms with Crippen LogP contribution in [0.25, 0.3) is 0 Å². The second-order valence-corrected chi connectivity index (χ2v) is 5.64. The molecule has 4 heteroatoms. The van der Waals surface area contributed by atoms with Gasteiger partial charge >= 0.3 is 0 Å². The minimum atomic E-state index is -0.145. The standard InChI is InChI=1S/C12H14ClNOS/c1-6-4-10(16-12(6)13)11(14)9-5-7(2)15-8(9)3/h4-5,11H,14H2,1-3H3. The molecule has 2 aromatic heterocycles. The number of rotatable bonds is 2. The average molecular weight is 256 g/mol. The first-order valence-electron chi connectivity index (χ1n) is 5.07. The van der Waals surface area contributed by atoms with Gasteiger partial charge in [-0.2, -0.15) is 0 Å². The van der Waals surface area contributed by atoms with E-state index in [0.717, 1.165) is 31.9 Å². The summed E-state index contributed by atoms with van der Waals surface area (Å²) in [5, 5.41) is 0. The highest BCUT2D eigenvalue weighted by Crippen LogP contribution is 2.34. The maximum absolute atomic E-state index is 6.20. The van der Waals surface area contributed by atoms with Crippen molar-refractivity contribution >= 4 is 22.9 Å². The fourth-order valence-corrected chi connectivity index (χ4v) is 2.99. The Morgan fingerprint density at radius 1 is 1.31 bits per heavy atom. The van der Waals surface area contributed by atoms with Gasteiger partial charge < -0.3 is 10.2 Å². The van der Waals surface area contributed by atoms with Gasteiger partial charge in [-0.3, -0.25) is 0 Å². The molecule has 86 valence electrons. The van der Waals surface area contributed by atoms with E-state index in [2.05, 4.69) is 0 Å². The molecule has 0 aliphatic heterocycles. The van der Waals surface area contributed by atoms with Gasteiger partial charge in [0.15, 0.2) is 0 Å². The Balaban J connectivity index is 2.38. The molecule has 2 nitrogen and oxygen atoms in total. The van der Waals surface area contributed by atoms with Crippen LogP contribution >= 0.6 is 22.9 Å². The number of thiophene rings is 1. The summed E-state index contributed by atoms with van der Waals surface area (Å²) >= 11 is 7.58. The van der Waals surface area contributed by atoms with Gasteiger partial charge in [-0.15, -0.1) is 11.3 Å². The van der Waals surface area contributed by atoms with E-state index in [-0.39, 0.29) is 6.04 Å². The van der Waals surface area contributed by atoms with Crippen molar-refractivity contribution in [3.63, 3.8) is 0 Å². The molecule has 0 amide bonds. The smallest absolute Gasteiger partial charge is 0.106 e. The van der Waals surface area contributed by atoms with Gasteiger partial charge in [0.2, 0.25) is 0 Å². The molecule has 1 unspecified atom stereocenters. The van der Waals surface area contributed by atoms with Crippen LogP contribution in [0.5, 0.6) is 0 Å². The summed E-state index contributed by atoms with van der Waals surface area (Å²) in [6.07, 6.45) is 0. The molecule has 0 fully saturated rings. The highest BCUT2D eigenvalue weighted by Gasteiger charge is 2.17. The van der Waals surface area contributed by atoms with E-state index in [1.807, 2.05) is 32.9 Å². The maximum atomic E-state index is 6.20. The normalized spacial score (nSPS) is 13.1. The molecule has 0 aromatic carbocycles. The van der Waals surface area contributed by atoms with Crippen molar-refractivity contribution in [1.82, 2.24) is 0 Å². The van der Waals surface area contributed by atoms with Crippen molar-refractivity contribution in [3.8, 4) is 0 Å². The Bertz CT molecular complexity index is 496. The number of furan rings is 1. The topological polar surface area (TPSA) is 39.2 Å². The lowest BCUT2D eigenvalue weighted by molar-refractivity contribution is 0.500. The summed E-state index contributed by atoms with van der Waals surface area (Å²) < 4.78 is 6.29. The molecule has 1 atom stereocenters. The zero-order valence-corrected chi connectivity index (χ0v) is 11.1. The maximum Gasteiger partial charge on any atom is 0.106 e. The summed E-state index contributed by atoms with van der Waals surface area (Å²) in [7, 11) is 0. The molecule has 16 heavy (non-hydrogen) atoms. The van der Waals surface area contributed by atoms with Gasteiger partial charge in [0.1, 0.15) is 11.5 Å². The summed E-state index contributed by atoms with van der Waals surface area (Å²) in [4.78, 5) is 1.08. The number of aryl methyl sites for hydroxylation is 3. The fraction of sp³-hybridized carbons (Fsp3) is 0.333. The van der Waals surface area contributed by atoms with Crippen molar-refractivity contribution in [2.75, 3.05) is 0 Å². The largest absolute Gasteiger partial charge is 0.466 e. The van der Waals surface area contributed by atoms with Crippen LogP contribution in [-0.4, -0.2) is 0 Å². The third-order valence-electron chi connectivity index (χ3n) is 2.60. The van der Waals surface area contributed by atoms with Crippen molar-refractivity contribution in [2.24, 2.45) is 5.73 Å². The van der Waals surface area contributed by atoms with Crippen molar-refractivity contribution < 1.29 is 4.42 Å². The van der Waals surface area contributed by atoms with Crippen molar-refractivity contribution in [3.05, 3.63) is 44.0 Å². The van der Waals surface area contributed by atoms with E-state index in [1.165, 1.54) is 11.3 Å². The molecule has 0 radical (unpaired) electrons. The van der Waals surface area contributed by atoms with Crippen LogP contribution in [0, 0.1) is 20.8 Å². The van der Waals surface area contributed by atoms with Gasteiger partial charge in [-0.1, -0.05) is 11.6 Å². The Morgan fingerprint density at radius 3 is 2.44 bits per heavy atom. The van der Waals surface area contributed by atoms with Crippen LogP contribution in [0.3, 0.4) is 0 Å². The van der Waals surface area contributed by atoms with Crippen molar-refractivity contribution in [1.29, 1.82) is 0 Å². The van der Waals surface area contributed by atoms with E-state index >= 15 is 0 Å². The Labute approximate surface area is 104 Å². The van der Waals surface area contributed by atoms with E-state index in [1.54, 1.807) is 0 Å². The summed E-state index contributed by atoms with van der Waals surface area (Å²) in [6, 6.07) is 3.89. The lowest BCUT2D eigenvalue weighted by atomic mass is 10.1. The molecule has 2 heterocycles. The third-order valence-corrected chi connectivity index (χ3v) is 4.24. The zero-order valence-electron chi connectivity index (χ0n) is 9.50. The van der Waals surface area contributed by atoms with Crippen LogP contribution in [-0.2, 0) is 0 Å². The average Bonchev–Trinajstić information content (AvgIpc) is 2.70. The van der Waals surface area contributed by atoms with E-state index in [0.29, 0.717) is 0 Å². The zero-order chi connectivity index (χ0) is 11.9. The molecule has 0 spiro atoms. The third kappa shape index (κ3) is 2.03. The van der Waals surface area contributed by atoms with Gasteiger partial charge in [0, 0.05) is 10.4 Å². The molecule has 0 aliphatic carbocycles. The molecule has 0 aliphatic rings. The minimum absolute atomic E-state index is 0.145. The second-order valence-electron chi connectivity index (χ2n) is 3.95. The lowest BCUT2D eigenvalue weighted by Gasteiger charge is -2.07. The summed E-state index contributed by atoms with van der Waals surface area (Å²) in [5.41, 5.74) is 8.32. The van der Waals surface area contributed by atoms with E-state index < -0.39 is 0 Å². The van der Waals surface area contributed by atoms with Gasteiger partial charge in [0.25, 0.3) is 0 Å². The highest BCUT2D eigenvalue weighted by molar-refractivity contribution is 7.16. The molecule has 0 bridgehead atoms. The Kier molecular flexibility index (Phi) is 3.10. The predicted molar refractivity (Wildman–Crippen MR) is 68.3 cm³/mol. The van der Waals surface area contributed by atoms with Crippen LogP contribution in [0.1, 0.15) is 33.6 Å². The van der Waals surface area contributed by atoms with Crippen LogP contribution < -0.4 is 5.73 Å². The molecule has 2 rings (SSSR count). The monoisotopic (exact) mass is 255 g/mol. The fourth-order valence-electron chi connectivity index (χ4n) is 1.75. The highest BCUT2D eigenvalue weighted by atomic mass is 35.5. The predicted octanol–water partition coefficient (Wildman–Crippen LogP) is 3.97. The number of halogens is 1. The van der Waals surface area contributed by atoms with E-state index in [9.17, 15) is 0 Å². The first-order valence-corrected chi connectivity index (χ1v) is 6.27. The molecular weight excluding hydrogens is 242 g/mol. The SMILES string of the molecule is Cc1cc(C(N)c2cc(C)c(Cl)s2)c(C)o1. The number of hydrogen-bond donors (Lipinski definition) is 1. The molecule has 2 N–H and O–H groups in total. The van der Waals surface area contributed by atoms with Gasteiger partial charge in [0.05, 0.1) is 10.4 Å². The molecule has 0 saturated heterocycles. The molecule has 0 saturated carbocycles. The quantitative estimate of drug-likeness (QED) is 0.882. The Hall–Kier alpha value is -0.770. The van der Waals surface area contributed by atoms with E-state index in [4.69, 9.17) is 21.8 Å². The minimum Gasteiger partial charge on any atom is -0.466 e. The summed E-state index contributed by atoms with van der Waals surface area (Å²) in [5.74, 6) is 1.77. The van der Waals surface area contributed by atoms with Crippen LogP contribution in [0.15, 0.2) is 16.5 Å². The summed E-state index contributed by atoms with van der Waals surface area (Å²) in [6.45, 7) is 5.85. The Morgan fingerprint density at radius 2 is 2.00 bits per heavy atom. The van der Waals surface area contributed by atoms with Crippen molar-refractivity contribution in [2.45, 2.75) is 26.8 Å². The number of hydrogen-bond acceptors (Lipinski definition) is 3. The molecular formula is C12H14ClNOS. The first-order chi connectivity index (χ1) is 7.49.